The first kappa shape index (κ1) is 19.9. The number of anilines is 1. The van der Waals surface area contributed by atoms with Gasteiger partial charge < -0.3 is 10.6 Å². The summed E-state index contributed by atoms with van der Waals surface area (Å²) in [6, 6.07) is 17.3. The number of amides is 3. The summed E-state index contributed by atoms with van der Waals surface area (Å²) in [5.74, 6) is -1.29. The maximum absolute atomic E-state index is 13.7. The molecule has 31 heavy (non-hydrogen) atoms. The van der Waals surface area contributed by atoms with E-state index in [2.05, 4.69) is 19.2 Å². The molecule has 0 bridgehead atoms. The van der Waals surface area contributed by atoms with Gasteiger partial charge in [0.25, 0.3) is 5.91 Å². The van der Waals surface area contributed by atoms with Crippen LogP contribution in [0, 0.1) is 17.8 Å². The number of hydrogen-bond acceptors (Lipinski definition) is 3. The van der Waals surface area contributed by atoms with Gasteiger partial charge in [-0.1, -0.05) is 62.4 Å². The number of fused-ring (bicyclic) bond motifs is 4. The smallest absolute Gasteiger partial charge is 0.291 e. The number of carbonyl (C=O) groups is 3. The van der Waals surface area contributed by atoms with Gasteiger partial charge in [-0.25, -0.2) is 0 Å². The Balaban J connectivity index is 1.53. The summed E-state index contributed by atoms with van der Waals surface area (Å²) in [7, 11) is 0. The zero-order valence-electron chi connectivity index (χ0n) is 17.9. The van der Waals surface area contributed by atoms with Crippen molar-refractivity contribution >= 4 is 23.4 Å². The molecule has 0 saturated carbocycles. The van der Waals surface area contributed by atoms with Gasteiger partial charge in [0.1, 0.15) is 17.9 Å². The summed E-state index contributed by atoms with van der Waals surface area (Å²) in [6.45, 7) is 4.58. The Bertz CT molecular complexity index is 1050. The maximum atomic E-state index is 13.7. The lowest BCUT2D eigenvalue weighted by Gasteiger charge is -2.26. The molecule has 6 nitrogen and oxygen atoms in total. The highest BCUT2D eigenvalue weighted by molar-refractivity contribution is 6.13. The van der Waals surface area contributed by atoms with E-state index in [1.54, 1.807) is 0 Å². The SMILES string of the molecule is CC(C)C[C@@H]1[NH2+][C@@]2(C(=O)Nc3ccccc32)[C@@H]2C(=O)N(CCc3ccccc3)C(=O)[C@H]12. The quantitative estimate of drug-likeness (QED) is 0.725. The highest BCUT2D eigenvalue weighted by Gasteiger charge is 2.73. The Labute approximate surface area is 182 Å². The zero-order valence-corrected chi connectivity index (χ0v) is 17.9. The van der Waals surface area contributed by atoms with Gasteiger partial charge in [-0.3, -0.25) is 19.3 Å². The molecule has 2 aromatic rings. The molecule has 0 aliphatic carbocycles. The Morgan fingerprint density at radius 3 is 2.45 bits per heavy atom. The molecule has 160 valence electrons. The second-order valence-electron chi connectivity index (χ2n) is 9.40. The van der Waals surface area contributed by atoms with Crippen LogP contribution in [0.5, 0.6) is 0 Å². The molecule has 0 unspecified atom stereocenters. The number of quaternary nitrogens is 1. The van der Waals surface area contributed by atoms with Gasteiger partial charge in [0, 0.05) is 18.5 Å². The molecule has 3 aliphatic rings. The molecular formula is C25H28N3O3+. The molecule has 2 saturated heterocycles. The summed E-state index contributed by atoms with van der Waals surface area (Å²) in [4.78, 5) is 42.0. The molecule has 3 heterocycles. The van der Waals surface area contributed by atoms with E-state index in [4.69, 9.17) is 0 Å². The predicted octanol–water partition coefficient (Wildman–Crippen LogP) is 1.67. The molecule has 0 radical (unpaired) electrons. The van der Waals surface area contributed by atoms with Gasteiger partial charge in [0.05, 0.1) is 5.69 Å². The highest BCUT2D eigenvalue weighted by atomic mass is 16.2. The molecule has 0 aromatic heterocycles. The van der Waals surface area contributed by atoms with E-state index in [1.165, 1.54) is 4.90 Å². The third-order valence-electron chi connectivity index (χ3n) is 7.08. The topological polar surface area (TPSA) is 83.1 Å². The van der Waals surface area contributed by atoms with Gasteiger partial charge in [-0.2, -0.15) is 0 Å². The molecule has 2 aromatic carbocycles. The predicted molar refractivity (Wildman–Crippen MR) is 116 cm³/mol. The lowest BCUT2D eigenvalue weighted by atomic mass is 9.76. The Kier molecular flexibility index (Phi) is 4.70. The first-order valence-corrected chi connectivity index (χ1v) is 11.1. The summed E-state index contributed by atoms with van der Waals surface area (Å²) in [5.41, 5.74) is 1.60. The minimum atomic E-state index is -1.06. The third-order valence-corrected chi connectivity index (χ3v) is 7.08. The fourth-order valence-corrected chi connectivity index (χ4v) is 5.85. The number of hydrogen-bond donors (Lipinski definition) is 2. The number of para-hydroxylation sites is 1. The van der Waals surface area contributed by atoms with Crippen LogP contribution in [0.3, 0.4) is 0 Å². The van der Waals surface area contributed by atoms with Crippen LogP contribution < -0.4 is 10.6 Å². The van der Waals surface area contributed by atoms with Crippen molar-refractivity contribution in [1.29, 1.82) is 0 Å². The molecule has 3 amide bonds. The van der Waals surface area contributed by atoms with Crippen LogP contribution in [0.1, 0.15) is 31.4 Å². The first-order chi connectivity index (χ1) is 14.9. The van der Waals surface area contributed by atoms with Gasteiger partial charge in [-0.05, 0) is 24.0 Å². The third kappa shape index (κ3) is 2.92. The minimum Gasteiger partial charge on any atom is -0.326 e. The maximum Gasteiger partial charge on any atom is 0.291 e. The van der Waals surface area contributed by atoms with Crippen LogP contribution >= 0.6 is 0 Å². The second kappa shape index (κ2) is 7.31. The van der Waals surface area contributed by atoms with Gasteiger partial charge in [0.15, 0.2) is 0 Å². The number of carbonyl (C=O) groups excluding carboxylic acids is 3. The molecule has 3 N–H and O–H groups in total. The van der Waals surface area contributed by atoms with Crippen LogP contribution in [-0.2, 0) is 26.3 Å². The normalized spacial score (nSPS) is 29.1. The van der Waals surface area contributed by atoms with Crippen molar-refractivity contribution in [3.63, 3.8) is 0 Å². The molecule has 5 rings (SSSR count). The molecular weight excluding hydrogens is 390 g/mol. The number of nitrogens with two attached hydrogens (primary N) is 1. The van der Waals surface area contributed by atoms with Crippen LogP contribution in [0.15, 0.2) is 54.6 Å². The van der Waals surface area contributed by atoms with Crippen molar-refractivity contribution in [3.05, 3.63) is 65.7 Å². The lowest BCUT2D eigenvalue weighted by molar-refractivity contribution is -0.734. The van der Waals surface area contributed by atoms with Gasteiger partial charge in [-0.15, -0.1) is 0 Å². The second-order valence-corrected chi connectivity index (χ2v) is 9.40. The number of benzene rings is 2. The molecule has 1 spiro atoms. The van der Waals surface area contributed by atoms with Crippen molar-refractivity contribution in [2.75, 3.05) is 11.9 Å². The van der Waals surface area contributed by atoms with Crippen molar-refractivity contribution in [1.82, 2.24) is 4.90 Å². The molecule has 2 fully saturated rings. The minimum absolute atomic E-state index is 0.0971. The van der Waals surface area contributed by atoms with Crippen LogP contribution in [0.2, 0.25) is 0 Å². The Hall–Kier alpha value is -2.99. The van der Waals surface area contributed by atoms with Crippen molar-refractivity contribution in [2.24, 2.45) is 17.8 Å². The fraction of sp³-hybridized carbons (Fsp3) is 0.400. The molecule has 4 atom stereocenters. The average Bonchev–Trinajstić information content (AvgIpc) is 3.32. The summed E-state index contributed by atoms with van der Waals surface area (Å²) >= 11 is 0. The first-order valence-electron chi connectivity index (χ1n) is 11.1. The van der Waals surface area contributed by atoms with E-state index in [-0.39, 0.29) is 23.8 Å². The van der Waals surface area contributed by atoms with Crippen molar-refractivity contribution in [2.45, 2.75) is 38.3 Å². The summed E-state index contributed by atoms with van der Waals surface area (Å²) in [6.07, 6.45) is 1.40. The number of nitrogens with one attached hydrogen (secondary N) is 1. The lowest BCUT2D eigenvalue weighted by Crippen LogP contribution is -2.99. The van der Waals surface area contributed by atoms with Crippen molar-refractivity contribution in [3.8, 4) is 0 Å². The Morgan fingerprint density at radius 2 is 1.71 bits per heavy atom. The summed E-state index contributed by atoms with van der Waals surface area (Å²) in [5, 5.41) is 4.99. The zero-order chi connectivity index (χ0) is 21.8. The van der Waals surface area contributed by atoms with E-state index < -0.39 is 17.4 Å². The fourth-order valence-electron chi connectivity index (χ4n) is 5.85. The van der Waals surface area contributed by atoms with E-state index in [0.29, 0.717) is 18.9 Å². The standard InChI is InChI=1S/C25H27N3O3/c1-15(2)14-19-20-21(25(27-19)17-10-6-7-11-18(17)26-24(25)31)23(30)28(22(20)29)13-12-16-8-4-3-5-9-16/h3-11,15,19-21,27H,12-14H2,1-2H3,(H,26,31)/p+1/t19-,20+,21-,25+/m0/s1. The molecule has 6 heteroatoms. The highest BCUT2D eigenvalue weighted by Crippen LogP contribution is 2.49. The molecule has 3 aliphatic heterocycles. The van der Waals surface area contributed by atoms with Crippen molar-refractivity contribution < 1.29 is 19.7 Å². The van der Waals surface area contributed by atoms with Gasteiger partial charge in [0.2, 0.25) is 17.4 Å². The van der Waals surface area contributed by atoms with Crippen LogP contribution in [0.4, 0.5) is 5.69 Å². The van der Waals surface area contributed by atoms with Gasteiger partial charge >= 0.3 is 0 Å². The largest absolute Gasteiger partial charge is 0.326 e. The van der Waals surface area contributed by atoms with E-state index in [0.717, 1.165) is 23.2 Å². The van der Waals surface area contributed by atoms with E-state index >= 15 is 0 Å². The van der Waals surface area contributed by atoms with Crippen LogP contribution in [0.25, 0.3) is 0 Å². The van der Waals surface area contributed by atoms with Crippen LogP contribution in [-0.4, -0.2) is 35.2 Å². The monoisotopic (exact) mass is 418 g/mol. The summed E-state index contributed by atoms with van der Waals surface area (Å²) < 4.78 is 0. The number of rotatable bonds is 5. The number of likely N-dealkylation sites (tertiary alicyclic amines) is 1. The Morgan fingerprint density at radius 1 is 1.00 bits per heavy atom. The van der Waals surface area contributed by atoms with E-state index in [9.17, 15) is 14.4 Å². The number of nitrogens with zero attached hydrogens (tertiary/aromatic N) is 1. The van der Waals surface area contributed by atoms with E-state index in [1.807, 2.05) is 59.9 Å². The number of imide groups is 1. The average molecular weight is 419 g/mol.